The molecule has 0 aliphatic carbocycles. The summed E-state index contributed by atoms with van der Waals surface area (Å²) < 4.78 is 0. The van der Waals surface area contributed by atoms with Crippen LogP contribution in [0.15, 0.2) is 18.3 Å². The quantitative estimate of drug-likeness (QED) is 0.673. The van der Waals surface area contributed by atoms with Crippen molar-refractivity contribution < 1.29 is 4.79 Å². The van der Waals surface area contributed by atoms with Gasteiger partial charge >= 0.3 is 0 Å². The van der Waals surface area contributed by atoms with E-state index < -0.39 is 0 Å². The van der Waals surface area contributed by atoms with Crippen molar-refractivity contribution in [2.45, 2.75) is 39.5 Å². The summed E-state index contributed by atoms with van der Waals surface area (Å²) in [4.78, 5) is 15.9. The van der Waals surface area contributed by atoms with Crippen LogP contribution in [-0.4, -0.2) is 10.8 Å². The van der Waals surface area contributed by atoms with Gasteiger partial charge < -0.3 is 0 Å². The topological polar surface area (TPSA) is 30.0 Å². The van der Waals surface area contributed by atoms with Crippen molar-refractivity contribution in [3.63, 3.8) is 0 Å². The Hall–Kier alpha value is -1.18. The van der Waals surface area contributed by atoms with Gasteiger partial charge in [-0.3, -0.25) is 9.78 Å². The van der Waals surface area contributed by atoms with Crippen LogP contribution in [0.5, 0.6) is 0 Å². The molecule has 0 aliphatic rings. The number of Topliss-reactive ketones (excluding diaryl/α,β-unsaturated/α-hetero) is 1. The van der Waals surface area contributed by atoms with Crippen molar-refractivity contribution in [3.8, 4) is 0 Å². The molecule has 0 bridgehead atoms. The second kappa shape index (κ2) is 3.91. The molecule has 0 unspecified atom stereocenters. The lowest BCUT2D eigenvalue weighted by molar-refractivity contribution is 0.0985. The van der Waals surface area contributed by atoms with Gasteiger partial charge in [-0.05, 0) is 12.1 Å². The maximum Gasteiger partial charge on any atom is 0.164 e. The number of carbonyl (C=O) groups is 1. The lowest BCUT2D eigenvalue weighted by atomic mass is 9.87. The van der Waals surface area contributed by atoms with Gasteiger partial charge in [0.25, 0.3) is 0 Å². The molecule has 0 saturated heterocycles. The maximum atomic E-state index is 11.6. The molecule has 0 N–H and O–H groups in total. The van der Waals surface area contributed by atoms with E-state index >= 15 is 0 Å². The second-order valence-electron chi connectivity index (χ2n) is 4.43. The fourth-order valence-corrected chi connectivity index (χ4v) is 1.42. The van der Waals surface area contributed by atoms with Gasteiger partial charge in [0.1, 0.15) is 0 Å². The average molecular weight is 191 g/mol. The van der Waals surface area contributed by atoms with E-state index in [1.807, 2.05) is 19.1 Å². The number of aromatic nitrogens is 1. The summed E-state index contributed by atoms with van der Waals surface area (Å²) in [6, 6.07) is 3.68. The lowest BCUT2D eigenvalue weighted by Crippen LogP contribution is -2.18. The number of ketones is 1. The molecule has 0 fully saturated rings. The largest absolute Gasteiger partial charge is 0.294 e. The summed E-state index contributed by atoms with van der Waals surface area (Å²) in [7, 11) is 0. The third-order valence-corrected chi connectivity index (χ3v) is 2.14. The van der Waals surface area contributed by atoms with Gasteiger partial charge in [0.05, 0.1) is 5.69 Å². The predicted octanol–water partition coefficient (Wildman–Crippen LogP) is 2.97. The fourth-order valence-electron chi connectivity index (χ4n) is 1.42. The summed E-state index contributed by atoms with van der Waals surface area (Å²) >= 11 is 0. The summed E-state index contributed by atoms with van der Waals surface area (Å²) in [6.07, 6.45) is 2.28. The van der Waals surface area contributed by atoms with Gasteiger partial charge in [0, 0.05) is 23.6 Å². The first kappa shape index (κ1) is 10.9. The monoisotopic (exact) mass is 191 g/mol. The molecule has 0 atom stereocenters. The molecule has 0 saturated carbocycles. The Morgan fingerprint density at radius 1 is 1.43 bits per heavy atom. The third-order valence-electron chi connectivity index (χ3n) is 2.14. The average Bonchev–Trinajstić information content (AvgIpc) is 2.15. The number of hydrogen-bond acceptors (Lipinski definition) is 2. The van der Waals surface area contributed by atoms with Crippen molar-refractivity contribution in [1.29, 1.82) is 0 Å². The Balaban J connectivity index is 3.23. The molecule has 76 valence electrons. The van der Waals surface area contributed by atoms with Gasteiger partial charge in [-0.1, -0.05) is 27.7 Å². The number of hydrogen-bond donors (Lipinski definition) is 0. The third kappa shape index (κ3) is 2.19. The Morgan fingerprint density at radius 2 is 2.07 bits per heavy atom. The van der Waals surface area contributed by atoms with Crippen LogP contribution in [0, 0.1) is 0 Å². The van der Waals surface area contributed by atoms with Crippen molar-refractivity contribution >= 4 is 5.78 Å². The van der Waals surface area contributed by atoms with Crippen LogP contribution in [-0.2, 0) is 5.41 Å². The van der Waals surface area contributed by atoms with E-state index in [2.05, 4.69) is 25.8 Å². The molecular formula is C12H17NO. The van der Waals surface area contributed by atoms with E-state index in [1.54, 1.807) is 6.20 Å². The zero-order valence-corrected chi connectivity index (χ0v) is 9.29. The van der Waals surface area contributed by atoms with Crippen LogP contribution < -0.4 is 0 Å². The van der Waals surface area contributed by atoms with E-state index in [0.717, 1.165) is 11.3 Å². The number of rotatable bonds is 2. The lowest BCUT2D eigenvalue weighted by Gasteiger charge is -2.20. The summed E-state index contributed by atoms with van der Waals surface area (Å²) in [6.45, 7) is 8.09. The van der Waals surface area contributed by atoms with Gasteiger partial charge in [-0.15, -0.1) is 0 Å². The highest BCUT2D eigenvalue weighted by molar-refractivity contribution is 5.97. The Morgan fingerprint density at radius 3 is 2.57 bits per heavy atom. The molecule has 1 heterocycles. The second-order valence-corrected chi connectivity index (χ2v) is 4.43. The number of nitrogens with zero attached hydrogens (tertiary/aromatic N) is 1. The Labute approximate surface area is 85.4 Å². The molecule has 0 radical (unpaired) electrons. The SMILES string of the molecule is CCC(=O)c1cccnc1C(C)(C)C. The highest BCUT2D eigenvalue weighted by Crippen LogP contribution is 2.24. The van der Waals surface area contributed by atoms with Gasteiger partial charge in [0.2, 0.25) is 0 Å². The van der Waals surface area contributed by atoms with Crippen LogP contribution >= 0.6 is 0 Å². The minimum absolute atomic E-state index is 0.0680. The first-order valence-corrected chi connectivity index (χ1v) is 4.95. The molecule has 1 aromatic heterocycles. The first-order chi connectivity index (χ1) is 6.46. The highest BCUT2D eigenvalue weighted by atomic mass is 16.1. The van der Waals surface area contributed by atoms with Crippen LogP contribution in [0.1, 0.15) is 50.2 Å². The van der Waals surface area contributed by atoms with E-state index in [-0.39, 0.29) is 11.2 Å². The molecule has 1 aromatic rings. The summed E-state index contributed by atoms with van der Waals surface area (Å²) in [5, 5.41) is 0. The predicted molar refractivity (Wildman–Crippen MR) is 57.6 cm³/mol. The van der Waals surface area contributed by atoms with Gasteiger partial charge in [-0.25, -0.2) is 0 Å². The molecule has 14 heavy (non-hydrogen) atoms. The number of carbonyl (C=O) groups excluding carboxylic acids is 1. The van der Waals surface area contributed by atoms with Gasteiger partial charge in [-0.2, -0.15) is 0 Å². The van der Waals surface area contributed by atoms with Crippen molar-refractivity contribution in [2.75, 3.05) is 0 Å². The van der Waals surface area contributed by atoms with E-state index in [9.17, 15) is 4.79 Å². The van der Waals surface area contributed by atoms with E-state index in [4.69, 9.17) is 0 Å². The number of pyridine rings is 1. The van der Waals surface area contributed by atoms with Crippen molar-refractivity contribution in [1.82, 2.24) is 4.98 Å². The van der Waals surface area contributed by atoms with E-state index in [1.165, 1.54) is 0 Å². The Bertz CT molecular complexity index is 336. The van der Waals surface area contributed by atoms with Crippen LogP contribution in [0.25, 0.3) is 0 Å². The molecule has 2 heteroatoms. The standard InChI is InChI=1S/C12H17NO/c1-5-10(14)9-7-6-8-13-11(9)12(2,3)4/h6-8H,5H2,1-4H3. The zero-order valence-electron chi connectivity index (χ0n) is 9.29. The normalized spacial score (nSPS) is 11.4. The molecule has 0 aliphatic heterocycles. The van der Waals surface area contributed by atoms with Crippen molar-refractivity contribution in [2.24, 2.45) is 0 Å². The minimum Gasteiger partial charge on any atom is -0.294 e. The summed E-state index contributed by atoms with van der Waals surface area (Å²) in [5.41, 5.74) is 1.59. The molecular weight excluding hydrogens is 174 g/mol. The van der Waals surface area contributed by atoms with Crippen LogP contribution in [0.4, 0.5) is 0 Å². The fraction of sp³-hybridized carbons (Fsp3) is 0.500. The van der Waals surface area contributed by atoms with Gasteiger partial charge in [0.15, 0.2) is 5.78 Å². The zero-order chi connectivity index (χ0) is 10.8. The first-order valence-electron chi connectivity index (χ1n) is 4.95. The van der Waals surface area contributed by atoms with Crippen LogP contribution in [0.3, 0.4) is 0 Å². The molecule has 0 aromatic carbocycles. The smallest absolute Gasteiger partial charge is 0.164 e. The Kier molecular flexibility index (Phi) is 3.04. The molecule has 2 nitrogen and oxygen atoms in total. The molecule has 0 spiro atoms. The molecule has 0 amide bonds. The summed E-state index contributed by atoms with van der Waals surface area (Å²) in [5.74, 6) is 0.169. The highest BCUT2D eigenvalue weighted by Gasteiger charge is 2.21. The molecule has 1 rings (SSSR count). The minimum atomic E-state index is -0.0680. The van der Waals surface area contributed by atoms with Crippen LogP contribution in [0.2, 0.25) is 0 Å². The maximum absolute atomic E-state index is 11.6. The van der Waals surface area contributed by atoms with Crippen molar-refractivity contribution in [3.05, 3.63) is 29.6 Å². The van der Waals surface area contributed by atoms with E-state index in [0.29, 0.717) is 6.42 Å².